The third-order valence-corrected chi connectivity index (χ3v) is 15.4. The summed E-state index contributed by atoms with van der Waals surface area (Å²) in [5, 5.41) is 8.78. The van der Waals surface area contributed by atoms with Crippen molar-refractivity contribution in [2.45, 2.75) is 182 Å². The number of aromatic nitrogens is 2. The van der Waals surface area contributed by atoms with Gasteiger partial charge in [-0.1, -0.05) is 290 Å². The molecule has 0 N–H and O–H groups in total. The number of unbranched alkanes of at least 4 members (excludes halogenated alkanes) is 20. The Morgan fingerprint density at radius 3 is 0.765 bits per heavy atom. The third kappa shape index (κ3) is 24.6. The molecule has 1 heterocycles. The summed E-state index contributed by atoms with van der Waals surface area (Å²) in [6.07, 6.45) is 46.9. The van der Waals surface area contributed by atoms with Crippen LogP contribution >= 0.6 is 0 Å². The first-order chi connectivity index (χ1) is 42.0. The molecule has 0 aliphatic rings. The van der Waals surface area contributed by atoms with Crippen molar-refractivity contribution in [3.63, 3.8) is 0 Å². The van der Waals surface area contributed by atoms with Gasteiger partial charge in [-0.05, 0) is 119 Å². The van der Waals surface area contributed by atoms with Gasteiger partial charge in [0.05, 0.1) is 26.4 Å². The van der Waals surface area contributed by atoms with E-state index in [4.69, 9.17) is 23.4 Å². The summed E-state index contributed by atoms with van der Waals surface area (Å²) in [6.45, 7) is 11.9. The summed E-state index contributed by atoms with van der Waals surface area (Å²) in [4.78, 5) is 0. The molecular formula is C78H98N2O5. The van der Waals surface area contributed by atoms with Gasteiger partial charge >= 0.3 is 0 Å². The molecule has 0 saturated carbocycles. The van der Waals surface area contributed by atoms with Crippen molar-refractivity contribution in [1.82, 2.24) is 10.2 Å². The highest BCUT2D eigenvalue weighted by molar-refractivity contribution is 5.76. The number of nitrogens with zero attached hydrogens (tertiary/aromatic N) is 2. The molecule has 7 nitrogen and oxygen atoms in total. The molecule has 0 radical (unpaired) electrons. The first-order valence-electron chi connectivity index (χ1n) is 32.8. The minimum absolute atomic E-state index is 0.486. The van der Waals surface area contributed by atoms with Gasteiger partial charge in [0, 0.05) is 11.1 Å². The Labute approximate surface area is 511 Å². The summed E-state index contributed by atoms with van der Waals surface area (Å²) in [7, 11) is 0. The van der Waals surface area contributed by atoms with Crippen LogP contribution in [0.4, 0.5) is 0 Å². The van der Waals surface area contributed by atoms with Gasteiger partial charge in [0.1, 0.15) is 0 Å². The van der Waals surface area contributed by atoms with Gasteiger partial charge in [-0.15, -0.1) is 10.2 Å². The highest BCUT2D eigenvalue weighted by atomic mass is 16.5. The molecule has 7 heteroatoms. The van der Waals surface area contributed by atoms with Crippen LogP contribution < -0.4 is 18.9 Å². The van der Waals surface area contributed by atoms with Crippen LogP contribution in [-0.2, 0) is 0 Å². The van der Waals surface area contributed by atoms with Crippen molar-refractivity contribution in [2.24, 2.45) is 0 Å². The largest absolute Gasteiger partial charge is 0.490 e. The molecule has 0 atom stereocenters. The molecule has 0 spiro atoms. The zero-order chi connectivity index (χ0) is 59.2. The van der Waals surface area contributed by atoms with E-state index in [1.165, 1.54) is 128 Å². The van der Waals surface area contributed by atoms with Crippen molar-refractivity contribution in [2.75, 3.05) is 26.4 Å². The van der Waals surface area contributed by atoms with E-state index in [0.29, 0.717) is 25.0 Å². The molecule has 1 aromatic heterocycles. The highest BCUT2D eigenvalue weighted by Gasteiger charge is 2.12. The summed E-state index contributed by atoms with van der Waals surface area (Å²) in [5.41, 5.74) is 10.6. The Morgan fingerprint density at radius 1 is 0.259 bits per heavy atom. The fourth-order valence-corrected chi connectivity index (χ4v) is 10.1. The zero-order valence-electron chi connectivity index (χ0n) is 52.1. The molecule has 7 rings (SSSR count). The van der Waals surface area contributed by atoms with E-state index in [9.17, 15) is 0 Å². The average Bonchev–Trinajstić information content (AvgIpc) is 4.27. The molecule has 6 aromatic carbocycles. The van der Waals surface area contributed by atoms with E-state index in [2.05, 4.69) is 196 Å². The van der Waals surface area contributed by atoms with Crippen LogP contribution in [0.5, 0.6) is 23.0 Å². The fraction of sp³-hybridized carbons (Fsp3) is 0.410. The number of benzene rings is 6. The number of hydrogen-bond acceptors (Lipinski definition) is 7. The second-order valence-electron chi connectivity index (χ2n) is 22.7. The van der Waals surface area contributed by atoms with Crippen molar-refractivity contribution in [3.05, 3.63) is 178 Å². The minimum atomic E-state index is 0.486. The van der Waals surface area contributed by atoms with E-state index >= 15 is 0 Å². The Balaban J connectivity index is 0.866. The van der Waals surface area contributed by atoms with Gasteiger partial charge in [-0.3, -0.25) is 0 Å². The van der Waals surface area contributed by atoms with Crippen LogP contribution in [0, 0.1) is 0 Å². The van der Waals surface area contributed by atoms with E-state index in [1.807, 2.05) is 24.3 Å². The van der Waals surface area contributed by atoms with Crippen LogP contribution in [0.2, 0.25) is 0 Å². The van der Waals surface area contributed by atoms with Crippen LogP contribution in [-0.4, -0.2) is 36.6 Å². The van der Waals surface area contributed by atoms with E-state index in [1.54, 1.807) is 0 Å². The molecule has 0 aliphatic carbocycles. The van der Waals surface area contributed by atoms with Crippen molar-refractivity contribution < 1.29 is 23.4 Å². The molecule has 0 aliphatic heterocycles. The maximum absolute atomic E-state index is 6.35. The minimum Gasteiger partial charge on any atom is -0.490 e. The Kier molecular flexibility index (Phi) is 30.1. The Hall–Kier alpha value is -7.38. The molecule has 0 unspecified atom stereocenters. The summed E-state index contributed by atoms with van der Waals surface area (Å²) < 4.78 is 31.4. The van der Waals surface area contributed by atoms with Crippen molar-refractivity contribution >= 4 is 48.6 Å². The van der Waals surface area contributed by atoms with Crippen molar-refractivity contribution in [1.29, 1.82) is 0 Å². The highest BCUT2D eigenvalue weighted by Crippen LogP contribution is 2.32. The van der Waals surface area contributed by atoms with Crippen LogP contribution in [0.1, 0.15) is 226 Å². The smallest absolute Gasteiger partial charge is 0.248 e. The standard InChI is InChI=1S/C78H98N2O5/c1-5-9-13-17-21-25-57-81-73-55-49-69(61-75(73)83-59-27-23-19-15-11-7-3)43-41-65-33-29-63(30-34-65)37-39-67-45-51-71(52-46-67)77-79-80-78(85-77)72-53-47-68(48-54-72)40-38-64-31-35-66(36-32-64)42-44-70-50-56-74(82-58-26-22-18-14-10-6-2)76(62-70)84-60-28-24-20-16-12-8-4/h29-56,61-62H,5-28,57-60H2,1-4H3/b39-37+,40-38+,43-41+,44-42+. The summed E-state index contributed by atoms with van der Waals surface area (Å²) in [5.74, 6) is 4.34. The predicted molar refractivity (Wildman–Crippen MR) is 362 cm³/mol. The van der Waals surface area contributed by atoms with Gasteiger partial charge in [-0.2, -0.15) is 0 Å². The second kappa shape index (κ2) is 39.3. The van der Waals surface area contributed by atoms with E-state index in [0.717, 1.165) is 118 Å². The van der Waals surface area contributed by atoms with Gasteiger partial charge in [0.2, 0.25) is 11.8 Å². The first-order valence-corrected chi connectivity index (χ1v) is 32.8. The second-order valence-corrected chi connectivity index (χ2v) is 22.7. The molecule has 85 heavy (non-hydrogen) atoms. The lowest BCUT2D eigenvalue weighted by Crippen LogP contribution is -2.03. The van der Waals surface area contributed by atoms with Crippen LogP contribution in [0.3, 0.4) is 0 Å². The van der Waals surface area contributed by atoms with Gasteiger partial charge in [0.25, 0.3) is 0 Å². The van der Waals surface area contributed by atoms with Gasteiger partial charge < -0.3 is 23.4 Å². The number of rotatable bonds is 42. The Bertz CT molecular complexity index is 2830. The molecular weight excluding hydrogens is 1040 g/mol. The average molecular weight is 1140 g/mol. The molecule has 0 fully saturated rings. The van der Waals surface area contributed by atoms with Gasteiger partial charge in [0.15, 0.2) is 23.0 Å². The lowest BCUT2D eigenvalue weighted by molar-refractivity contribution is 0.258. The normalized spacial score (nSPS) is 11.7. The van der Waals surface area contributed by atoms with E-state index in [-0.39, 0.29) is 0 Å². The molecule has 0 bridgehead atoms. The van der Waals surface area contributed by atoms with Crippen LogP contribution in [0.15, 0.2) is 138 Å². The monoisotopic (exact) mass is 1140 g/mol. The SMILES string of the molecule is CCCCCCCCOc1ccc(/C=C/c2ccc(/C=C/c3ccc(-c4nnc(-c5ccc(/C=C/c6ccc(/C=C/c7ccc(OCCCCCCCC)c(OCCCCCCCC)c7)cc6)cc5)o4)cc3)cc2)cc1OCCCCCCCC. The lowest BCUT2D eigenvalue weighted by atomic mass is 10.1. The molecule has 450 valence electrons. The third-order valence-electron chi connectivity index (χ3n) is 15.4. The predicted octanol–water partition coefficient (Wildman–Crippen LogP) is 23.0. The first kappa shape index (κ1) is 65.2. The van der Waals surface area contributed by atoms with Crippen LogP contribution in [0.25, 0.3) is 71.5 Å². The molecule has 7 aromatic rings. The van der Waals surface area contributed by atoms with E-state index < -0.39 is 0 Å². The summed E-state index contributed by atoms with van der Waals surface area (Å²) in [6, 6.07) is 46.2. The fourth-order valence-electron chi connectivity index (χ4n) is 10.1. The molecule has 0 amide bonds. The maximum Gasteiger partial charge on any atom is 0.248 e. The number of hydrogen-bond donors (Lipinski definition) is 0. The Morgan fingerprint density at radius 2 is 0.482 bits per heavy atom. The van der Waals surface area contributed by atoms with Crippen molar-refractivity contribution in [3.8, 4) is 45.9 Å². The molecule has 0 saturated heterocycles. The topological polar surface area (TPSA) is 75.8 Å². The lowest BCUT2D eigenvalue weighted by Gasteiger charge is -2.14. The quantitative estimate of drug-likeness (QED) is 0.0279. The zero-order valence-corrected chi connectivity index (χ0v) is 52.1. The maximum atomic E-state index is 6.35. The number of ether oxygens (including phenoxy) is 4. The summed E-state index contributed by atoms with van der Waals surface area (Å²) >= 11 is 0. The van der Waals surface area contributed by atoms with Gasteiger partial charge in [-0.25, -0.2) is 0 Å².